The Hall–Kier alpha value is -1.77. The standard InChI is InChI=1S/C24H39N5O6S2/c1-17(2)18-3-5-20(6-4-18)28-12-9-24(10-13-28)22-8-7-21(35-37(26,33)34)15-19(22)16-29(23(24)30)14-11-27-36(25,31)32/h7-8,15,17-18,20,27H,3-6,9-14,16H2,1-2H3,(H2,25,31,32)(H2,26,33,34). The molecule has 3 aliphatic rings. The van der Waals surface area contributed by atoms with Crippen LogP contribution in [-0.2, 0) is 37.3 Å². The summed E-state index contributed by atoms with van der Waals surface area (Å²) >= 11 is 0. The van der Waals surface area contributed by atoms with Gasteiger partial charge in [-0.1, -0.05) is 19.9 Å². The zero-order valence-electron chi connectivity index (χ0n) is 21.6. The minimum Gasteiger partial charge on any atom is -0.371 e. The van der Waals surface area contributed by atoms with E-state index < -0.39 is 25.9 Å². The van der Waals surface area contributed by atoms with Crippen molar-refractivity contribution in [3.05, 3.63) is 29.3 Å². The van der Waals surface area contributed by atoms with E-state index in [1.807, 2.05) is 0 Å². The summed E-state index contributed by atoms with van der Waals surface area (Å²) in [5, 5.41) is 10.1. The number of nitrogens with one attached hydrogen (secondary N) is 1. The van der Waals surface area contributed by atoms with E-state index in [1.165, 1.54) is 31.7 Å². The number of hydrogen-bond acceptors (Lipinski definition) is 7. The van der Waals surface area contributed by atoms with E-state index in [-0.39, 0.29) is 31.3 Å². The van der Waals surface area contributed by atoms with Crippen LogP contribution in [0.2, 0.25) is 0 Å². The molecular formula is C24H39N5O6S2. The molecule has 1 aromatic carbocycles. The van der Waals surface area contributed by atoms with E-state index in [2.05, 4.69) is 23.5 Å². The van der Waals surface area contributed by atoms with Gasteiger partial charge in [0.25, 0.3) is 10.2 Å². The van der Waals surface area contributed by atoms with Crippen molar-refractivity contribution in [2.75, 3.05) is 26.2 Å². The van der Waals surface area contributed by atoms with Crippen LogP contribution in [-0.4, -0.2) is 64.8 Å². The average molecular weight is 558 g/mol. The highest BCUT2D eigenvalue weighted by Gasteiger charge is 2.49. The first-order valence-corrected chi connectivity index (χ1v) is 16.0. The summed E-state index contributed by atoms with van der Waals surface area (Å²) in [6.07, 6.45) is 6.11. The molecule has 37 heavy (non-hydrogen) atoms. The van der Waals surface area contributed by atoms with Crippen molar-refractivity contribution in [2.45, 2.75) is 70.4 Å². The Morgan fingerprint density at radius 2 is 1.73 bits per heavy atom. The van der Waals surface area contributed by atoms with Crippen LogP contribution in [0.1, 0.15) is 63.5 Å². The van der Waals surface area contributed by atoms with Gasteiger partial charge < -0.3 is 14.0 Å². The summed E-state index contributed by atoms with van der Waals surface area (Å²) in [4.78, 5) is 18.0. The van der Waals surface area contributed by atoms with E-state index in [0.29, 0.717) is 24.8 Å². The van der Waals surface area contributed by atoms with Crippen molar-refractivity contribution in [3.63, 3.8) is 0 Å². The minimum atomic E-state index is -4.20. The van der Waals surface area contributed by atoms with Crippen LogP contribution in [0.25, 0.3) is 0 Å². The average Bonchev–Trinajstić information content (AvgIpc) is 2.81. The number of rotatable bonds is 8. The SMILES string of the molecule is CC(C)C1CCC(N2CCC3(CC2)C(=O)N(CCNS(N)(=O)=O)Cc2cc(OS(N)(=O)=O)ccc23)CC1. The number of carbonyl (C=O) groups excluding carboxylic acids is 1. The van der Waals surface area contributed by atoms with Gasteiger partial charge in [-0.3, -0.25) is 4.79 Å². The molecule has 2 aliphatic heterocycles. The molecule has 1 saturated heterocycles. The van der Waals surface area contributed by atoms with Gasteiger partial charge >= 0.3 is 10.3 Å². The zero-order chi connectivity index (χ0) is 27.0. The molecular weight excluding hydrogens is 518 g/mol. The third-order valence-electron chi connectivity index (χ3n) is 8.40. The molecule has 1 amide bonds. The number of carbonyl (C=O) groups is 1. The highest BCUT2D eigenvalue weighted by Crippen LogP contribution is 2.45. The molecule has 0 bridgehead atoms. The number of piperidine rings is 1. The van der Waals surface area contributed by atoms with Gasteiger partial charge in [0.05, 0.1) is 5.41 Å². The topological polar surface area (TPSA) is 165 Å². The van der Waals surface area contributed by atoms with Crippen molar-refractivity contribution in [2.24, 2.45) is 22.1 Å². The molecule has 4 rings (SSSR count). The second kappa shape index (κ2) is 10.8. The van der Waals surface area contributed by atoms with E-state index in [1.54, 1.807) is 17.0 Å². The second-order valence-electron chi connectivity index (χ2n) is 11.0. The maximum Gasteiger partial charge on any atom is 0.380 e. The van der Waals surface area contributed by atoms with Gasteiger partial charge in [-0.2, -0.15) is 22.0 Å². The Morgan fingerprint density at radius 3 is 2.30 bits per heavy atom. The van der Waals surface area contributed by atoms with Crippen LogP contribution in [0.15, 0.2) is 18.2 Å². The van der Waals surface area contributed by atoms with E-state index in [0.717, 1.165) is 30.1 Å². The van der Waals surface area contributed by atoms with Crippen LogP contribution >= 0.6 is 0 Å². The van der Waals surface area contributed by atoms with Gasteiger partial charge in [0.1, 0.15) is 5.75 Å². The van der Waals surface area contributed by atoms with Crippen LogP contribution in [0.5, 0.6) is 5.75 Å². The van der Waals surface area contributed by atoms with Gasteiger partial charge in [-0.05, 0) is 86.7 Å². The summed E-state index contributed by atoms with van der Waals surface area (Å²) < 4.78 is 52.7. The minimum absolute atomic E-state index is 0.0193. The molecule has 0 unspecified atom stereocenters. The van der Waals surface area contributed by atoms with Crippen molar-refractivity contribution < 1.29 is 25.8 Å². The Kier molecular flexibility index (Phi) is 8.22. The normalized spacial score (nSPS) is 24.9. The van der Waals surface area contributed by atoms with Crippen LogP contribution in [0.4, 0.5) is 0 Å². The first kappa shape index (κ1) is 28.2. The highest BCUT2D eigenvalue weighted by atomic mass is 32.2. The summed E-state index contributed by atoms with van der Waals surface area (Å²) in [6, 6.07) is 5.45. The molecule has 1 saturated carbocycles. The summed E-state index contributed by atoms with van der Waals surface area (Å²) in [6.45, 7) is 6.50. The Labute approximate surface area is 220 Å². The molecule has 1 aliphatic carbocycles. The predicted molar refractivity (Wildman–Crippen MR) is 140 cm³/mol. The number of hydrogen-bond donors (Lipinski definition) is 3. The largest absolute Gasteiger partial charge is 0.380 e. The number of benzene rings is 1. The summed E-state index contributed by atoms with van der Waals surface area (Å²) in [5.74, 6) is 1.53. The van der Waals surface area contributed by atoms with Gasteiger partial charge in [0, 0.05) is 25.7 Å². The lowest BCUT2D eigenvalue weighted by atomic mass is 9.67. The molecule has 1 spiro atoms. The molecule has 0 atom stereocenters. The van der Waals surface area contributed by atoms with Crippen molar-refractivity contribution >= 4 is 26.4 Å². The lowest BCUT2D eigenvalue weighted by Crippen LogP contribution is -2.58. The van der Waals surface area contributed by atoms with Gasteiger partial charge in [-0.25, -0.2) is 9.86 Å². The number of fused-ring (bicyclic) bond motifs is 2. The molecule has 13 heteroatoms. The molecule has 11 nitrogen and oxygen atoms in total. The highest BCUT2D eigenvalue weighted by molar-refractivity contribution is 7.87. The molecule has 2 heterocycles. The fourth-order valence-electron chi connectivity index (χ4n) is 6.44. The summed E-state index contributed by atoms with van der Waals surface area (Å²) in [5.41, 5.74) is 0.876. The molecule has 0 radical (unpaired) electrons. The van der Waals surface area contributed by atoms with E-state index >= 15 is 0 Å². The zero-order valence-corrected chi connectivity index (χ0v) is 23.2. The number of amides is 1. The van der Waals surface area contributed by atoms with Crippen molar-refractivity contribution in [1.82, 2.24) is 14.5 Å². The third kappa shape index (κ3) is 6.63. The Morgan fingerprint density at radius 1 is 1.08 bits per heavy atom. The second-order valence-corrected chi connectivity index (χ2v) is 13.5. The lowest BCUT2D eigenvalue weighted by Gasteiger charge is -2.49. The van der Waals surface area contributed by atoms with Crippen molar-refractivity contribution in [3.8, 4) is 5.75 Å². The molecule has 2 fully saturated rings. The van der Waals surface area contributed by atoms with E-state index in [9.17, 15) is 21.6 Å². The Balaban J connectivity index is 1.55. The number of nitrogens with two attached hydrogens (primary N) is 2. The number of nitrogens with zero attached hydrogens (tertiary/aromatic N) is 2. The first-order valence-electron chi connectivity index (χ1n) is 12.9. The Bertz CT molecular complexity index is 1200. The fourth-order valence-corrected chi connectivity index (χ4v) is 7.19. The van der Waals surface area contributed by atoms with Crippen molar-refractivity contribution in [1.29, 1.82) is 0 Å². The smallest absolute Gasteiger partial charge is 0.371 e. The third-order valence-corrected chi connectivity index (χ3v) is 9.43. The maximum atomic E-state index is 13.9. The molecule has 5 N–H and O–H groups in total. The maximum absolute atomic E-state index is 13.9. The van der Waals surface area contributed by atoms with Gasteiger partial charge in [0.2, 0.25) is 5.91 Å². The number of likely N-dealkylation sites (tertiary alicyclic amines) is 1. The fraction of sp³-hybridized carbons (Fsp3) is 0.708. The lowest BCUT2D eigenvalue weighted by molar-refractivity contribution is -0.142. The van der Waals surface area contributed by atoms with Crippen LogP contribution < -0.4 is 19.2 Å². The quantitative estimate of drug-likeness (QED) is 0.428. The first-order chi connectivity index (χ1) is 17.3. The van der Waals surface area contributed by atoms with Crippen LogP contribution in [0, 0.1) is 11.8 Å². The van der Waals surface area contributed by atoms with E-state index in [4.69, 9.17) is 14.5 Å². The van der Waals surface area contributed by atoms with Crippen LogP contribution in [0.3, 0.4) is 0 Å². The summed E-state index contributed by atoms with van der Waals surface area (Å²) in [7, 11) is -8.09. The predicted octanol–water partition coefficient (Wildman–Crippen LogP) is 0.953. The molecule has 208 valence electrons. The molecule has 1 aromatic rings. The van der Waals surface area contributed by atoms with Gasteiger partial charge in [-0.15, -0.1) is 0 Å². The van der Waals surface area contributed by atoms with Gasteiger partial charge in [0.15, 0.2) is 0 Å². The molecule has 0 aromatic heterocycles. The monoisotopic (exact) mass is 557 g/mol.